The molecule has 1 rings (SSSR count). The van der Waals surface area contributed by atoms with Crippen molar-refractivity contribution in [2.45, 2.75) is 13.0 Å². The van der Waals surface area contributed by atoms with Gasteiger partial charge in [0.2, 0.25) is 5.91 Å². The van der Waals surface area contributed by atoms with Crippen LogP contribution in [0.4, 0.5) is 0 Å². The summed E-state index contributed by atoms with van der Waals surface area (Å²) in [6.45, 7) is 2.11. The fraction of sp³-hybridized carbons (Fsp3) is 0.545. The van der Waals surface area contributed by atoms with E-state index in [4.69, 9.17) is 11.6 Å². The quantitative estimate of drug-likeness (QED) is 0.847. The largest absolute Gasteiger partial charge is 0.386 e. The molecule has 2 atom stereocenters. The van der Waals surface area contributed by atoms with Crippen LogP contribution >= 0.6 is 34.7 Å². The number of hydrogen-bond acceptors (Lipinski definition) is 4. The number of thioether (sulfide) groups is 1. The lowest BCUT2D eigenvalue weighted by atomic mass is 10.2. The van der Waals surface area contributed by atoms with Crippen molar-refractivity contribution in [1.82, 2.24) is 5.32 Å². The Hall–Kier alpha value is -0.230. The average molecular weight is 294 g/mol. The van der Waals surface area contributed by atoms with Crippen LogP contribution in [-0.4, -0.2) is 29.6 Å². The Kier molecular flexibility index (Phi) is 6.33. The van der Waals surface area contributed by atoms with Crippen molar-refractivity contribution >= 4 is 40.6 Å². The van der Waals surface area contributed by atoms with Gasteiger partial charge < -0.3 is 10.4 Å². The summed E-state index contributed by atoms with van der Waals surface area (Å²) in [6, 6.07) is 3.51. The predicted molar refractivity (Wildman–Crippen MR) is 74.8 cm³/mol. The third-order valence-electron chi connectivity index (χ3n) is 2.26. The first-order valence-corrected chi connectivity index (χ1v) is 7.83. The lowest BCUT2D eigenvalue weighted by Gasteiger charge is -2.13. The standard InChI is InChI=1S/C11H16ClNO2S2/c1-7(6-16-2)11(15)13-5-8(14)9-3-4-10(12)17-9/h3-4,7-8,14H,5-6H2,1-2H3,(H,13,15)/t7-,8+/m1/s1. The molecule has 0 aliphatic heterocycles. The van der Waals surface area contributed by atoms with Crippen molar-refractivity contribution in [3.63, 3.8) is 0 Å². The maximum absolute atomic E-state index is 11.6. The van der Waals surface area contributed by atoms with Crippen molar-refractivity contribution in [2.75, 3.05) is 18.6 Å². The topological polar surface area (TPSA) is 49.3 Å². The summed E-state index contributed by atoms with van der Waals surface area (Å²) in [5, 5.41) is 12.6. The van der Waals surface area contributed by atoms with Gasteiger partial charge in [0, 0.05) is 23.1 Å². The molecule has 0 saturated carbocycles. The van der Waals surface area contributed by atoms with Gasteiger partial charge >= 0.3 is 0 Å². The lowest BCUT2D eigenvalue weighted by molar-refractivity contribution is -0.124. The molecule has 2 N–H and O–H groups in total. The fourth-order valence-corrected chi connectivity index (χ4v) is 3.00. The number of hydrogen-bond donors (Lipinski definition) is 2. The predicted octanol–water partition coefficient (Wildman–Crippen LogP) is 2.55. The van der Waals surface area contributed by atoms with Crippen LogP contribution in [0.5, 0.6) is 0 Å². The summed E-state index contributed by atoms with van der Waals surface area (Å²) < 4.78 is 0.640. The zero-order valence-corrected chi connectivity index (χ0v) is 12.2. The van der Waals surface area contributed by atoms with Crippen molar-refractivity contribution < 1.29 is 9.90 Å². The van der Waals surface area contributed by atoms with E-state index in [2.05, 4.69) is 5.32 Å². The highest BCUT2D eigenvalue weighted by molar-refractivity contribution is 7.98. The third kappa shape index (κ3) is 4.87. The average Bonchev–Trinajstić information content (AvgIpc) is 2.72. The number of amides is 1. The van der Waals surface area contributed by atoms with Crippen LogP contribution in [0.15, 0.2) is 12.1 Å². The molecule has 1 aromatic heterocycles. The molecular formula is C11H16ClNO2S2. The second-order valence-corrected chi connectivity index (χ2v) is 6.42. The van der Waals surface area contributed by atoms with Crippen LogP contribution < -0.4 is 5.32 Å². The molecule has 1 heterocycles. The van der Waals surface area contributed by atoms with Crippen LogP contribution in [0.3, 0.4) is 0 Å². The number of rotatable bonds is 6. The number of carbonyl (C=O) groups excluding carboxylic acids is 1. The van der Waals surface area contributed by atoms with Crippen LogP contribution in [0.1, 0.15) is 17.9 Å². The molecule has 1 aromatic rings. The summed E-state index contributed by atoms with van der Waals surface area (Å²) in [7, 11) is 0. The number of aliphatic hydroxyl groups excluding tert-OH is 1. The van der Waals surface area contributed by atoms with E-state index in [1.807, 2.05) is 13.2 Å². The first-order valence-electron chi connectivity index (χ1n) is 5.24. The normalized spacial score (nSPS) is 14.4. The number of carbonyl (C=O) groups is 1. The van der Waals surface area contributed by atoms with Gasteiger partial charge in [-0.15, -0.1) is 11.3 Å². The Balaban J connectivity index is 2.38. The zero-order chi connectivity index (χ0) is 12.8. The second-order valence-electron chi connectivity index (χ2n) is 3.76. The minimum atomic E-state index is -0.682. The number of halogens is 1. The van der Waals surface area contributed by atoms with E-state index >= 15 is 0 Å². The van der Waals surface area contributed by atoms with E-state index in [1.54, 1.807) is 23.9 Å². The van der Waals surface area contributed by atoms with Gasteiger partial charge in [-0.3, -0.25) is 4.79 Å². The van der Waals surface area contributed by atoms with Crippen LogP contribution in [0.2, 0.25) is 4.34 Å². The van der Waals surface area contributed by atoms with Crippen LogP contribution in [0.25, 0.3) is 0 Å². The highest BCUT2D eigenvalue weighted by Gasteiger charge is 2.15. The molecule has 0 aliphatic rings. The van der Waals surface area contributed by atoms with Gasteiger partial charge in [-0.25, -0.2) is 0 Å². The summed E-state index contributed by atoms with van der Waals surface area (Å²) in [5.74, 6) is 0.720. The van der Waals surface area contributed by atoms with Gasteiger partial charge in [0.25, 0.3) is 0 Å². The first kappa shape index (κ1) is 14.8. The lowest BCUT2D eigenvalue weighted by Crippen LogP contribution is -2.33. The van der Waals surface area contributed by atoms with Gasteiger partial charge in [0.1, 0.15) is 6.10 Å². The van der Waals surface area contributed by atoms with Gasteiger partial charge in [0.05, 0.1) is 4.34 Å². The maximum Gasteiger partial charge on any atom is 0.223 e. The Morgan fingerprint density at radius 3 is 2.88 bits per heavy atom. The third-order valence-corrected chi connectivity index (χ3v) is 4.42. The maximum atomic E-state index is 11.6. The molecule has 0 bridgehead atoms. The second kappa shape index (κ2) is 7.26. The van der Waals surface area contributed by atoms with Gasteiger partial charge in [-0.1, -0.05) is 18.5 Å². The summed E-state index contributed by atoms with van der Waals surface area (Å²) in [4.78, 5) is 12.4. The monoisotopic (exact) mass is 293 g/mol. The van der Waals surface area contributed by atoms with Crippen LogP contribution in [-0.2, 0) is 4.79 Å². The number of aliphatic hydroxyl groups is 1. The van der Waals surface area contributed by atoms with E-state index in [1.165, 1.54) is 11.3 Å². The Morgan fingerprint density at radius 1 is 1.65 bits per heavy atom. The van der Waals surface area contributed by atoms with Crippen molar-refractivity contribution in [3.05, 3.63) is 21.3 Å². The number of nitrogens with one attached hydrogen (secondary N) is 1. The molecule has 0 fully saturated rings. The molecule has 0 spiro atoms. The molecule has 0 aliphatic carbocycles. The van der Waals surface area contributed by atoms with E-state index in [9.17, 15) is 9.90 Å². The molecular weight excluding hydrogens is 278 g/mol. The molecule has 0 radical (unpaired) electrons. The summed E-state index contributed by atoms with van der Waals surface area (Å²) in [5.41, 5.74) is 0. The molecule has 0 saturated heterocycles. The highest BCUT2D eigenvalue weighted by Crippen LogP contribution is 2.26. The number of thiophene rings is 1. The van der Waals surface area contributed by atoms with Crippen molar-refractivity contribution in [1.29, 1.82) is 0 Å². The van der Waals surface area contributed by atoms with E-state index in [-0.39, 0.29) is 18.4 Å². The first-order chi connectivity index (χ1) is 8.04. The van der Waals surface area contributed by atoms with E-state index < -0.39 is 6.10 Å². The molecule has 1 amide bonds. The fourth-order valence-electron chi connectivity index (χ4n) is 1.31. The van der Waals surface area contributed by atoms with E-state index in [0.717, 1.165) is 10.6 Å². The highest BCUT2D eigenvalue weighted by atomic mass is 35.5. The van der Waals surface area contributed by atoms with Gasteiger partial charge in [-0.05, 0) is 18.4 Å². The van der Waals surface area contributed by atoms with Crippen molar-refractivity contribution in [3.8, 4) is 0 Å². The van der Waals surface area contributed by atoms with Crippen molar-refractivity contribution in [2.24, 2.45) is 5.92 Å². The minimum absolute atomic E-state index is 0.0268. The Labute approximate surface area is 115 Å². The minimum Gasteiger partial charge on any atom is -0.386 e. The molecule has 96 valence electrons. The van der Waals surface area contributed by atoms with Crippen LogP contribution in [0, 0.1) is 5.92 Å². The molecule has 6 heteroatoms. The SMILES string of the molecule is CSC[C@@H](C)C(=O)NC[C@H](O)c1ccc(Cl)s1. The molecule has 17 heavy (non-hydrogen) atoms. The Morgan fingerprint density at radius 2 is 2.35 bits per heavy atom. The molecule has 0 unspecified atom stereocenters. The molecule has 0 aromatic carbocycles. The van der Waals surface area contributed by atoms with Gasteiger partial charge in [-0.2, -0.15) is 11.8 Å². The van der Waals surface area contributed by atoms with E-state index in [0.29, 0.717) is 4.34 Å². The summed E-state index contributed by atoms with van der Waals surface area (Å²) >= 11 is 8.74. The summed E-state index contributed by atoms with van der Waals surface area (Å²) in [6.07, 6.45) is 1.28. The molecule has 3 nitrogen and oxygen atoms in total. The Bertz CT molecular complexity index is 370. The zero-order valence-electron chi connectivity index (χ0n) is 9.77. The van der Waals surface area contributed by atoms with Gasteiger partial charge in [0.15, 0.2) is 0 Å². The smallest absolute Gasteiger partial charge is 0.223 e.